The van der Waals surface area contributed by atoms with Crippen molar-refractivity contribution in [1.82, 2.24) is 0 Å². The van der Waals surface area contributed by atoms with Gasteiger partial charge in [0, 0.05) is 12.1 Å². The first kappa shape index (κ1) is 23.2. The van der Waals surface area contributed by atoms with E-state index in [0.29, 0.717) is 16.8 Å². The van der Waals surface area contributed by atoms with Crippen molar-refractivity contribution in [2.24, 2.45) is 0 Å². The number of benzene rings is 3. The number of nitrogens with zero attached hydrogens (tertiary/aromatic N) is 1. The Balaban J connectivity index is 0.00000155. The maximum Gasteiger partial charge on any atom is 0.261 e. The molecule has 30 heavy (non-hydrogen) atoms. The van der Waals surface area contributed by atoms with Crippen LogP contribution in [-0.4, -0.2) is 11.0 Å². The predicted molar refractivity (Wildman–Crippen MR) is 121 cm³/mol. The van der Waals surface area contributed by atoms with Gasteiger partial charge in [-0.15, -0.1) is 0 Å². The molecule has 0 bridgehead atoms. The molecule has 2 N–H and O–H groups in total. The van der Waals surface area contributed by atoms with Crippen molar-refractivity contribution in [3.05, 3.63) is 100 Å². The highest BCUT2D eigenvalue weighted by Crippen LogP contribution is 2.29. The van der Waals surface area contributed by atoms with E-state index in [2.05, 4.69) is 5.32 Å². The Bertz CT molecular complexity index is 1030. The SMILES string of the molecule is CC.Cc1ccc(CC(O)(C(=O)Nc2ccc(C#N)c(Cl)c2)c2ccccc2)cc1. The fourth-order valence-electron chi connectivity index (χ4n) is 2.95. The van der Waals surface area contributed by atoms with E-state index in [-0.39, 0.29) is 11.4 Å². The van der Waals surface area contributed by atoms with E-state index in [1.807, 2.05) is 57.2 Å². The van der Waals surface area contributed by atoms with Crippen molar-refractivity contribution in [2.45, 2.75) is 32.8 Å². The second-order valence-electron chi connectivity index (χ2n) is 6.65. The molecule has 0 aromatic heterocycles. The molecule has 0 saturated heterocycles. The van der Waals surface area contributed by atoms with Crippen molar-refractivity contribution >= 4 is 23.2 Å². The second kappa shape index (κ2) is 10.6. The van der Waals surface area contributed by atoms with Crippen LogP contribution in [0, 0.1) is 18.3 Å². The average molecular weight is 421 g/mol. The Morgan fingerprint density at radius 2 is 1.70 bits per heavy atom. The third-order valence-corrected chi connectivity index (χ3v) is 4.87. The highest BCUT2D eigenvalue weighted by molar-refractivity contribution is 6.32. The predicted octanol–water partition coefficient (Wildman–Crippen LogP) is 5.62. The first-order valence-corrected chi connectivity index (χ1v) is 10.1. The third-order valence-electron chi connectivity index (χ3n) is 4.55. The fraction of sp³-hybridized carbons (Fsp3) is 0.200. The van der Waals surface area contributed by atoms with Crippen LogP contribution in [0.25, 0.3) is 0 Å². The number of hydrogen-bond acceptors (Lipinski definition) is 3. The van der Waals surface area contributed by atoms with E-state index in [1.54, 1.807) is 30.3 Å². The van der Waals surface area contributed by atoms with Gasteiger partial charge in [0.1, 0.15) is 6.07 Å². The van der Waals surface area contributed by atoms with E-state index in [9.17, 15) is 9.90 Å². The van der Waals surface area contributed by atoms with Gasteiger partial charge in [-0.3, -0.25) is 4.79 Å². The van der Waals surface area contributed by atoms with Gasteiger partial charge in [0.05, 0.1) is 10.6 Å². The molecule has 0 aliphatic heterocycles. The lowest BCUT2D eigenvalue weighted by atomic mass is 9.86. The van der Waals surface area contributed by atoms with Crippen LogP contribution in [0.15, 0.2) is 72.8 Å². The second-order valence-corrected chi connectivity index (χ2v) is 7.06. The van der Waals surface area contributed by atoms with E-state index >= 15 is 0 Å². The zero-order chi connectivity index (χ0) is 22.1. The van der Waals surface area contributed by atoms with Gasteiger partial charge >= 0.3 is 0 Å². The fourth-order valence-corrected chi connectivity index (χ4v) is 3.17. The number of halogens is 1. The van der Waals surface area contributed by atoms with Gasteiger partial charge in [0.15, 0.2) is 5.60 Å². The number of aliphatic hydroxyl groups is 1. The molecule has 3 rings (SSSR count). The topological polar surface area (TPSA) is 73.1 Å². The van der Waals surface area contributed by atoms with Gasteiger partial charge in [-0.2, -0.15) is 5.26 Å². The zero-order valence-electron chi connectivity index (χ0n) is 17.3. The van der Waals surface area contributed by atoms with Crippen LogP contribution in [0.2, 0.25) is 5.02 Å². The molecule has 0 aliphatic rings. The summed E-state index contributed by atoms with van der Waals surface area (Å²) in [6, 6.07) is 23.1. The molecule has 1 unspecified atom stereocenters. The van der Waals surface area contributed by atoms with E-state index in [1.165, 1.54) is 12.1 Å². The quantitative estimate of drug-likeness (QED) is 0.563. The molecule has 1 amide bonds. The van der Waals surface area contributed by atoms with Crippen molar-refractivity contribution < 1.29 is 9.90 Å². The monoisotopic (exact) mass is 420 g/mol. The van der Waals surface area contributed by atoms with Gasteiger partial charge in [-0.1, -0.05) is 85.6 Å². The van der Waals surface area contributed by atoms with Crippen LogP contribution < -0.4 is 5.32 Å². The molecule has 0 radical (unpaired) electrons. The minimum absolute atomic E-state index is 0.118. The minimum atomic E-state index is -1.77. The molecule has 4 nitrogen and oxygen atoms in total. The molecule has 0 heterocycles. The number of hydrogen-bond donors (Lipinski definition) is 2. The lowest BCUT2D eigenvalue weighted by molar-refractivity contribution is -0.135. The van der Waals surface area contributed by atoms with E-state index in [4.69, 9.17) is 16.9 Å². The van der Waals surface area contributed by atoms with Crippen LogP contribution in [0.3, 0.4) is 0 Å². The summed E-state index contributed by atoms with van der Waals surface area (Å²) in [6.07, 6.45) is 0.118. The lowest BCUT2D eigenvalue weighted by Crippen LogP contribution is -2.42. The van der Waals surface area contributed by atoms with Crippen molar-refractivity contribution in [1.29, 1.82) is 5.26 Å². The largest absolute Gasteiger partial charge is 0.375 e. The van der Waals surface area contributed by atoms with Gasteiger partial charge in [-0.05, 0) is 36.2 Å². The molecule has 3 aromatic rings. The Labute approximate surface area is 182 Å². The highest BCUT2D eigenvalue weighted by atomic mass is 35.5. The van der Waals surface area contributed by atoms with Crippen molar-refractivity contribution in [3.8, 4) is 6.07 Å². The Hall–Kier alpha value is -3.13. The van der Waals surface area contributed by atoms with Gasteiger partial charge in [-0.25, -0.2) is 0 Å². The number of aryl methyl sites for hydroxylation is 1. The number of amides is 1. The summed E-state index contributed by atoms with van der Waals surface area (Å²) < 4.78 is 0. The number of anilines is 1. The Kier molecular flexibility index (Phi) is 8.17. The first-order valence-electron chi connectivity index (χ1n) is 9.77. The van der Waals surface area contributed by atoms with Gasteiger partial charge < -0.3 is 10.4 Å². The lowest BCUT2D eigenvalue weighted by Gasteiger charge is -2.28. The molecule has 5 heteroatoms. The summed E-state index contributed by atoms with van der Waals surface area (Å²) in [6.45, 7) is 5.98. The molecule has 0 saturated carbocycles. The maximum atomic E-state index is 13.1. The minimum Gasteiger partial charge on any atom is -0.375 e. The van der Waals surface area contributed by atoms with Crippen LogP contribution in [0.5, 0.6) is 0 Å². The van der Waals surface area contributed by atoms with Gasteiger partial charge in [0.2, 0.25) is 0 Å². The molecule has 0 aliphatic carbocycles. The molecule has 3 aromatic carbocycles. The van der Waals surface area contributed by atoms with E-state index in [0.717, 1.165) is 11.1 Å². The van der Waals surface area contributed by atoms with Crippen molar-refractivity contribution in [3.63, 3.8) is 0 Å². The molecule has 154 valence electrons. The number of carbonyl (C=O) groups is 1. The molecule has 0 spiro atoms. The smallest absolute Gasteiger partial charge is 0.261 e. The summed E-state index contributed by atoms with van der Waals surface area (Å²) in [4.78, 5) is 13.1. The Morgan fingerprint density at radius 3 is 2.27 bits per heavy atom. The number of rotatable bonds is 5. The summed E-state index contributed by atoms with van der Waals surface area (Å²) in [5, 5.41) is 23.4. The normalized spacial score (nSPS) is 12.0. The Morgan fingerprint density at radius 1 is 1.07 bits per heavy atom. The van der Waals surface area contributed by atoms with Crippen molar-refractivity contribution in [2.75, 3.05) is 5.32 Å². The van der Waals surface area contributed by atoms with Crippen LogP contribution in [-0.2, 0) is 16.8 Å². The number of nitrogens with one attached hydrogen (secondary N) is 1. The summed E-state index contributed by atoms with van der Waals surface area (Å²) in [5.41, 5.74) is 1.39. The maximum absolute atomic E-state index is 13.1. The number of nitriles is 1. The van der Waals surface area contributed by atoms with E-state index < -0.39 is 11.5 Å². The zero-order valence-corrected chi connectivity index (χ0v) is 18.1. The molecular weight excluding hydrogens is 396 g/mol. The molecular formula is C25H25ClN2O2. The summed E-state index contributed by atoms with van der Waals surface area (Å²) in [7, 11) is 0. The molecule has 1 atom stereocenters. The average Bonchev–Trinajstić information content (AvgIpc) is 2.77. The number of carbonyl (C=O) groups excluding carboxylic acids is 1. The molecule has 0 fully saturated rings. The standard InChI is InChI=1S/C23H19ClN2O2.C2H6/c1-16-7-9-17(10-8-16)14-23(28,19-5-3-2-4-6-19)22(27)26-20-12-11-18(15-25)21(24)13-20;1-2/h2-13,28H,14H2,1H3,(H,26,27);1-2H3. The summed E-state index contributed by atoms with van der Waals surface area (Å²) in [5.74, 6) is -0.569. The van der Waals surface area contributed by atoms with Crippen LogP contribution in [0.1, 0.15) is 36.1 Å². The van der Waals surface area contributed by atoms with Crippen LogP contribution in [0.4, 0.5) is 5.69 Å². The first-order chi connectivity index (χ1) is 14.4. The van der Waals surface area contributed by atoms with Gasteiger partial charge in [0.25, 0.3) is 5.91 Å². The highest BCUT2D eigenvalue weighted by Gasteiger charge is 2.38. The third kappa shape index (κ3) is 5.48. The van der Waals surface area contributed by atoms with Crippen LogP contribution >= 0.6 is 11.6 Å². The summed E-state index contributed by atoms with van der Waals surface area (Å²) >= 11 is 6.05.